The van der Waals surface area contributed by atoms with Crippen LogP contribution in [0.2, 0.25) is 0 Å². The van der Waals surface area contributed by atoms with Crippen LogP contribution in [0.25, 0.3) is 0 Å². The molecule has 1 unspecified atom stereocenters. The van der Waals surface area contributed by atoms with Gasteiger partial charge in [0.05, 0.1) is 5.69 Å². The summed E-state index contributed by atoms with van der Waals surface area (Å²) in [6.45, 7) is 17.9. The van der Waals surface area contributed by atoms with Crippen LogP contribution in [0.15, 0.2) is 17.6 Å². The molecule has 2 aromatic heterocycles. The topological polar surface area (TPSA) is 86.0 Å². The lowest BCUT2D eigenvalue weighted by molar-refractivity contribution is 0.258. The molecule has 2 aromatic rings. The minimum absolute atomic E-state index is 0. The van der Waals surface area contributed by atoms with E-state index < -0.39 is 11.2 Å². The van der Waals surface area contributed by atoms with Crippen molar-refractivity contribution < 1.29 is 4.55 Å². The zero-order chi connectivity index (χ0) is 22.8. The first-order valence-electron chi connectivity index (χ1n) is 11.0. The molecule has 32 heavy (non-hydrogen) atoms. The van der Waals surface area contributed by atoms with E-state index in [9.17, 15) is 4.55 Å². The van der Waals surface area contributed by atoms with Crippen LogP contribution >= 0.6 is 12.4 Å². The lowest BCUT2D eigenvalue weighted by Crippen LogP contribution is -2.47. The quantitative estimate of drug-likeness (QED) is 0.584. The summed E-state index contributed by atoms with van der Waals surface area (Å²) in [6.07, 6.45) is 2.47. The molecule has 0 spiro atoms. The molecule has 0 saturated carbocycles. The summed E-state index contributed by atoms with van der Waals surface area (Å²) in [5, 5.41) is 4.57. The number of nitrogens with zero attached hydrogens (tertiary/aromatic N) is 7. The van der Waals surface area contributed by atoms with Crippen LogP contribution in [0.1, 0.15) is 59.5 Å². The number of anilines is 1. The van der Waals surface area contributed by atoms with Crippen molar-refractivity contribution in [2.45, 2.75) is 63.9 Å². The summed E-state index contributed by atoms with van der Waals surface area (Å²) in [6, 6.07) is 2.16. The van der Waals surface area contributed by atoms with Crippen molar-refractivity contribution in [3.63, 3.8) is 0 Å². The second-order valence-electron chi connectivity index (χ2n) is 10.4. The molecule has 0 N–H and O–H groups in total. The number of halogens is 1. The predicted molar refractivity (Wildman–Crippen MR) is 132 cm³/mol. The van der Waals surface area contributed by atoms with E-state index in [0.717, 1.165) is 56.5 Å². The van der Waals surface area contributed by atoms with Crippen molar-refractivity contribution in [2.24, 2.45) is 7.05 Å². The molecule has 3 heterocycles. The summed E-state index contributed by atoms with van der Waals surface area (Å²) in [4.78, 5) is 18.7. The number of piperazine rings is 1. The SMILES string of the molecule is Cl.Cn1cnc([S+]([O-])CCCN2CCN(c3cc(C(C)(C)C)nc(C(C)(C)C)n3)CC2)n1. The van der Waals surface area contributed by atoms with Crippen molar-refractivity contribution in [2.75, 3.05) is 43.4 Å². The number of hydrogen-bond acceptors (Lipinski definition) is 7. The van der Waals surface area contributed by atoms with E-state index in [-0.39, 0.29) is 23.2 Å². The maximum absolute atomic E-state index is 12.3. The van der Waals surface area contributed by atoms with Crippen molar-refractivity contribution in [1.82, 2.24) is 29.6 Å². The van der Waals surface area contributed by atoms with Gasteiger partial charge in [-0.25, -0.2) is 9.97 Å². The molecular weight excluding hydrogens is 446 g/mol. The third-order valence-electron chi connectivity index (χ3n) is 5.43. The van der Waals surface area contributed by atoms with Gasteiger partial charge in [-0.1, -0.05) is 41.5 Å². The molecule has 0 bridgehead atoms. The van der Waals surface area contributed by atoms with Crippen LogP contribution in [-0.2, 0) is 29.1 Å². The maximum Gasteiger partial charge on any atom is 0.361 e. The largest absolute Gasteiger partial charge is 0.609 e. The van der Waals surface area contributed by atoms with E-state index in [1.807, 2.05) is 0 Å². The van der Waals surface area contributed by atoms with Crippen LogP contribution in [0.4, 0.5) is 5.82 Å². The normalized spacial score (nSPS) is 16.7. The zero-order valence-corrected chi connectivity index (χ0v) is 22.1. The fourth-order valence-corrected chi connectivity index (χ4v) is 4.41. The fraction of sp³-hybridized carbons (Fsp3) is 0.727. The zero-order valence-electron chi connectivity index (χ0n) is 20.5. The van der Waals surface area contributed by atoms with Gasteiger partial charge in [0.25, 0.3) is 0 Å². The Labute approximate surface area is 201 Å². The van der Waals surface area contributed by atoms with Gasteiger partial charge in [0, 0.05) is 74.3 Å². The average molecular weight is 484 g/mol. The molecule has 3 rings (SSSR count). The van der Waals surface area contributed by atoms with Crippen molar-refractivity contribution in [3.8, 4) is 0 Å². The van der Waals surface area contributed by atoms with Crippen molar-refractivity contribution in [1.29, 1.82) is 0 Å². The van der Waals surface area contributed by atoms with Gasteiger partial charge in [-0.2, -0.15) is 4.98 Å². The van der Waals surface area contributed by atoms with Gasteiger partial charge in [0.1, 0.15) is 23.7 Å². The third kappa shape index (κ3) is 7.04. The van der Waals surface area contributed by atoms with E-state index in [4.69, 9.17) is 9.97 Å². The molecule has 1 aliphatic rings. The van der Waals surface area contributed by atoms with E-state index in [0.29, 0.717) is 10.9 Å². The lowest BCUT2D eigenvalue weighted by atomic mass is 9.90. The Kier molecular flexibility index (Phi) is 8.95. The van der Waals surface area contributed by atoms with E-state index in [1.165, 1.54) is 0 Å². The Morgan fingerprint density at radius 2 is 1.66 bits per heavy atom. The van der Waals surface area contributed by atoms with Crippen LogP contribution < -0.4 is 4.90 Å². The first kappa shape index (κ1) is 26.8. The molecule has 1 saturated heterocycles. The summed E-state index contributed by atoms with van der Waals surface area (Å²) in [7, 11) is 1.79. The highest BCUT2D eigenvalue weighted by Gasteiger charge is 2.26. The Hall–Kier alpha value is -1.42. The highest BCUT2D eigenvalue weighted by atomic mass is 35.5. The lowest BCUT2D eigenvalue weighted by Gasteiger charge is -2.36. The Morgan fingerprint density at radius 1 is 1.00 bits per heavy atom. The first-order chi connectivity index (χ1) is 14.4. The van der Waals surface area contributed by atoms with E-state index >= 15 is 0 Å². The van der Waals surface area contributed by atoms with Crippen molar-refractivity contribution in [3.05, 3.63) is 23.9 Å². The molecule has 8 nitrogen and oxygen atoms in total. The molecule has 10 heteroatoms. The molecule has 1 fully saturated rings. The first-order valence-corrected chi connectivity index (χ1v) is 12.4. The van der Waals surface area contributed by atoms with E-state index in [2.05, 4.69) is 67.5 Å². The minimum atomic E-state index is -1.12. The number of hydrogen-bond donors (Lipinski definition) is 0. The van der Waals surface area contributed by atoms with Gasteiger partial charge >= 0.3 is 5.16 Å². The molecule has 180 valence electrons. The van der Waals surface area contributed by atoms with E-state index in [1.54, 1.807) is 18.1 Å². The van der Waals surface area contributed by atoms with Crippen LogP contribution in [0.3, 0.4) is 0 Å². The monoisotopic (exact) mass is 483 g/mol. The molecule has 0 amide bonds. The number of rotatable bonds is 6. The van der Waals surface area contributed by atoms with Crippen LogP contribution in [-0.4, -0.2) is 72.7 Å². The van der Waals surface area contributed by atoms with Gasteiger partial charge in [0.15, 0.2) is 0 Å². The highest BCUT2D eigenvalue weighted by Crippen LogP contribution is 2.28. The summed E-state index contributed by atoms with van der Waals surface area (Å²) < 4.78 is 13.9. The van der Waals surface area contributed by atoms with Gasteiger partial charge in [-0.05, 0) is 0 Å². The molecular formula is C22H38ClN7OS. The number of aromatic nitrogens is 5. The van der Waals surface area contributed by atoms with Crippen LogP contribution in [0.5, 0.6) is 0 Å². The third-order valence-corrected chi connectivity index (χ3v) is 6.69. The Morgan fingerprint density at radius 3 is 2.19 bits per heavy atom. The highest BCUT2D eigenvalue weighted by molar-refractivity contribution is 7.91. The van der Waals surface area contributed by atoms with Gasteiger partial charge in [0.2, 0.25) is 0 Å². The van der Waals surface area contributed by atoms with Crippen LogP contribution in [0, 0.1) is 0 Å². The average Bonchev–Trinajstić information content (AvgIpc) is 3.13. The Bertz CT molecular complexity index is 838. The molecule has 0 radical (unpaired) electrons. The Balaban J connectivity index is 0.00000363. The second-order valence-corrected chi connectivity index (χ2v) is 11.8. The standard InChI is InChI=1S/C22H37N7OS.ClH/c1-21(2,3)17-15-18(25-19(24-17)22(4,5)6)29-12-10-28(11-13-29)9-8-14-31(30)20-23-16-27(7)26-20;/h15-16H,8-14H2,1-7H3;1H. The predicted octanol–water partition coefficient (Wildman–Crippen LogP) is 2.94. The van der Waals surface area contributed by atoms with Gasteiger partial charge in [-0.3, -0.25) is 9.58 Å². The molecule has 0 aromatic carbocycles. The summed E-state index contributed by atoms with van der Waals surface area (Å²) >= 11 is -1.12. The smallest absolute Gasteiger partial charge is 0.361 e. The summed E-state index contributed by atoms with van der Waals surface area (Å²) in [5.74, 6) is 2.54. The molecule has 1 aliphatic heterocycles. The fourth-order valence-electron chi connectivity index (χ4n) is 3.45. The molecule has 0 aliphatic carbocycles. The maximum atomic E-state index is 12.3. The number of aryl methyl sites for hydroxylation is 1. The minimum Gasteiger partial charge on any atom is -0.609 e. The molecule has 1 atom stereocenters. The van der Waals surface area contributed by atoms with Gasteiger partial charge < -0.3 is 9.45 Å². The summed E-state index contributed by atoms with van der Waals surface area (Å²) in [5.41, 5.74) is 0.989. The van der Waals surface area contributed by atoms with Crippen molar-refractivity contribution >= 4 is 29.4 Å². The van der Waals surface area contributed by atoms with Gasteiger partial charge in [-0.15, -0.1) is 17.5 Å². The second kappa shape index (κ2) is 10.7.